The highest BCUT2D eigenvalue weighted by atomic mass is 16.2. The summed E-state index contributed by atoms with van der Waals surface area (Å²) in [6.07, 6.45) is 3.45. The van der Waals surface area contributed by atoms with Crippen LogP contribution >= 0.6 is 0 Å². The smallest absolute Gasteiger partial charge is 0.224 e. The van der Waals surface area contributed by atoms with Gasteiger partial charge in [-0.1, -0.05) is 11.8 Å². The summed E-state index contributed by atoms with van der Waals surface area (Å²) in [6, 6.07) is 5.80. The van der Waals surface area contributed by atoms with Crippen LogP contribution in [-0.4, -0.2) is 17.6 Å². The van der Waals surface area contributed by atoms with Crippen molar-refractivity contribution >= 4 is 11.6 Å². The SMILES string of the molecule is Cc1cc(C#CCCO)cc(NC(=O)CC2CC2)c1. The minimum absolute atomic E-state index is 0.0732. The van der Waals surface area contributed by atoms with E-state index in [1.807, 2.05) is 25.1 Å². The first kappa shape index (κ1) is 13.6. The number of hydrogen-bond donors (Lipinski definition) is 2. The van der Waals surface area contributed by atoms with Crippen molar-refractivity contribution in [3.8, 4) is 11.8 Å². The molecule has 0 aromatic heterocycles. The molecule has 1 aromatic rings. The number of nitrogens with one attached hydrogen (secondary N) is 1. The summed E-state index contributed by atoms with van der Waals surface area (Å²) in [6.45, 7) is 2.05. The van der Waals surface area contributed by atoms with Crippen molar-refractivity contribution in [1.82, 2.24) is 0 Å². The quantitative estimate of drug-likeness (QED) is 0.814. The van der Waals surface area contributed by atoms with Gasteiger partial charge in [0.25, 0.3) is 0 Å². The summed E-state index contributed by atoms with van der Waals surface area (Å²) in [4.78, 5) is 11.8. The van der Waals surface area contributed by atoms with Crippen LogP contribution in [0, 0.1) is 24.7 Å². The number of aliphatic hydroxyl groups excluding tert-OH is 1. The minimum atomic E-state index is 0.0732. The number of benzene rings is 1. The molecule has 1 aromatic carbocycles. The van der Waals surface area contributed by atoms with E-state index in [4.69, 9.17) is 5.11 Å². The highest BCUT2D eigenvalue weighted by Crippen LogP contribution is 2.32. The fraction of sp³-hybridized carbons (Fsp3) is 0.438. The Hall–Kier alpha value is -1.79. The lowest BCUT2D eigenvalue weighted by molar-refractivity contribution is -0.116. The van der Waals surface area contributed by atoms with Gasteiger partial charge in [-0.25, -0.2) is 0 Å². The monoisotopic (exact) mass is 257 g/mol. The highest BCUT2D eigenvalue weighted by molar-refractivity contribution is 5.91. The Morgan fingerprint density at radius 1 is 1.42 bits per heavy atom. The highest BCUT2D eigenvalue weighted by Gasteiger charge is 2.24. The third kappa shape index (κ3) is 4.76. The second-order valence-electron chi connectivity index (χ2n) is 5.06. The predicted molar refractivity (Wildman–Crippen MR) is 75.7 cm³/mol. The molecule has 0 radical (unpaired) electrons. The maximum Gasteiger partial charge on any atom is 0.224 e. The molecule has 1 aliphatic carbocycles. The largest absolute Gasteiger partial charge is 0.395 e. The van der Waals surface area contributed by atoms with Gasteiger partial charge < -0.3 is 10.4 Å². The molecule has 0 saturated heterocycles. The van der Waals surface area contributed by atoms with Crippen LogP contribution in [0.2, 0.25) is 0 Å². The summed E-state index contributed by atoms with van der Waals surface area (Å²) in [5.74, 6) is 6.56. The van der Waals surface area contributed by atoms with E-state index < -0.39 is 0 Å². The third-order valence-corrected chi connectivity index (χ3v) is 3.00. The zero-order valence-corrected chi connectivity index (χ0v) is 11.2. The summed E-state index contributed by atoms with van der Waals surface area (Å²) >= 11 is 0. The molecule has 0 aliphatic heterocycles. The normalized spacial score (nSPS) is 13.6. The standard InChI is InChI=1S/C16H19NO2/c1-12-8-14(4-2-3-7-18)10-15(9-12)17-16(19)11-13-5-6-13/h8-10,13,18H,3,5-7,11H2,1H3,(H,17,19). The average molecular weight is 257 g/mol. The van der Waals surface area contributed by atoms with Gasteiger partial charge in [0, 0.05) is 24.1 Å². The molecule has 3 nitrogen and oxygen atoms in total. The van der Waals surface area contributed by atoms with Gasteiger partial charge in [0.15, 0.2) is 0 Å². The minimum Gasteiger partial charge on any atom is -0.395 e. The van der Waals surface area contributed by atoms with Gasteiger partial charge in [-0.15, -0.1) is 0 Å². The van der Waals surface area contributed by atoms with Crippen LogP contribution in [0.5, 0.6) is 0 Å². The number of amides is 1. The molecular formula is C16H19NO2. The topological polar surface area (TPSA) is 49.3 Å². The van der Waals surface area contributed by atoms with Gasteiger partial charge in [0.05, 0.1) is 6.61 Å². The maximum absolute atomic E-state index is 11.8. The van der Waals surface area contributed by atoms with Gasteiger partial charge in [-0.2, -0.15) is 0 Å². The number of aryl methyl sites for hydroxylation is 1. The van der Waals surface area contributed by atoms with Crippen molar-refractivity contribution in [2.45, 2.75) is 32.6 Å². The van der Waals surface area contributed by atoms with E-state index in [9.17, 15) is 4.79 Å². The number of anilines is 1. The molecule has 2 N–H and O–H groups in total. The lowest BCUT2D eigenvalue weighted by atomic mass is 10.1. The molecule has 1 fully saturated rings. The fourth-order valence-electron chi connectivity index (χ4n) is 1.94. The zero-order valence-electron chi connectivity index (χ0n) is 11.2. The van der Waals surface area contributed by atoms with Crippen molar-refractivity contribution in [1.29, 1.82) is 0 Å². The molecule has 0 heterocycles. The lowest BCUT2D eigenvalue weighted by Gasteiger charge is -2.06. The average Bonchev–Trinajstić information content (AvgIpc) is 3.12. The number of carbonyl (C=O) groups excluding carboxylic acids is 1. The Bertz CT molecular complexity index is 521. The van der Waals surface area contributed by atoms with Gasteiger partial charge in [-0.05, 0) is 49.4 Å². The Morgan fingerprint density at radius 2 is 2.21 bits per heavy atom. The molecule has 100 valence electrons. The first-order valence-corrected chi connectivity index (χ1v) is 6.68. The first-order valence-electron chi connectivity index (χ1n) is 6.68. The van der Waals surface area contributed by atoms with Crippen LogP contribution < -0.4 is 5.32 Å². The summed E-state index contributed by atoms with van der Waals surface area (Å²) in [5, 5.41) is 11.6. The Kier molecular flexibility index (Phi) is 4.59. The molecule has 0 atom stereocenters. The third-order valence-electron chi connectivity index (χ3n) is 3.00. The molecule has 2 rings (SSSR count). The van der Waals surface area contributed by atoms with Crippen molar-refractivity contribution in [2.24, 2.45) is 5.92 Å². The fourth-order valence-corrected chi connectivity index (χ4v) is 1.94. The lowest BCUT2D eigenvalue weighted by Crippen LogP contribution is -2.12. The van der Waals surface area contributed by atoms with Crippen molar-refractivity contribution in [2.75, 3.05) is 11.9 Å². The Morgan fingerprint density at radius 3 is 2.89 bits per heavy atom. The van der Waals surface area contributed by atoms with E-state index in [2.05, 4.69) is 17.2 Å². The maximum atomic E-state index is 11.8. The van der Waals surface area contributed by atoms with Crippen LogP contribution in [0.15, 0.2) is 18.2 Å². The van der Waals surface area contributed by atoms with Crippen LogP contribution in [-0.2, 0) is 4.79 Å². The van der Waals surface area contributed by atoms with Gasteiger partial charge in [-0.3, -0.25) is 4.79 Å². The number of rotatable bonds is 4. The summed E-state index contributed by atoms with van der Waals surface area (Å²) in [5.41, 5.74) is 2.74. The first-order chi connectivity index (χ1) is 9.17. The van der Waals surface area contributed by atoms with Gasteiger partial charge in [0.1, 0.15) is 0 Å². The second kappa shape index (κ2) is 6.40. The van der Waals surface area contributed by atoms with Gasteiger partial charge in [0.2, 0.25) is 5.91 Å². The van der Waals surface area contributed by atoms with Crippen LogP contribution in [0.3, 0.4) is 0 Å². The predicted octanol–water partition coefficient (Wildman–Crippen LogP) is 2.47. The van der Waals surface area contributed by atoms with Crippen LogP contribution in [0.25, 0.3) is 0 Å². The summed E-state index contributed by atoms with van der Waals surface area (Å²) in [7, 11) is 0. The Balaban J connectivity index is 2.03. The molecule has 3 heteroatoms. The van der Waals surface area contributed by atoms with E-state index in [0.717, 1.165) is 16.8 Å². The van der Waals surface area contributed by atoms with E-state index in [1.165, 1.54) is 12.8 Å². The molecule has 1 amide bonds. The van der Waals surface area contributed by atoms with Gasteiger partial charge >= 0.3 is 0 Å². The zero-order chi connectivity index (χ0) is 13.7. The van der Waals surface area contributed by atoms with E-state index in [0.29, 0.717) is 18.8 Å². The van der Waals surface area contributed by atoms with E-state index >= 15 is 0 Å². The summed E-state index contributed by atoms with van der Waals surface area (Å²) < 4.78 is 0. The van der Waals surface area contributed by atoms with Crippen molar-refractivity contribution in [3.05, 3.63) is 29.3 Å². The number of carbonyl (C=O) groups is 1. The second-order valence-corrected chi connectivity index (χ2v) is 5.06. The molecule has 0 unspecified atom stereocenters. The van der Waals surface area contributed by atoms with Crippen LogP contribution in [0.4, 0.5) is 5.69 Å². The Labute approximate surface area is 114 Å². The molecule has 19 heavy (non-hydrogen) atoms. The number of aliphatic hydroxyl groups is 1. The van der Waals surface area contributed by atoms with Crippen molar-refractivity contribution in [3.63, 3.8) is 0 Å². The molecule has 1 saturated carbocycles. The molecule has 1 aliphatic rings. The van der Waals surface area contributed by atoms with E-state index in [-0.39, 0.29) is 12.5 Å². The number of hydrogen-bond acceptors (Lipinski definition) is 2. The van der Waals surface area contributed by atoms with E-state index in [1.54, 1.807) is 0 Å². The molecule has 0 spiro atoms. The molecule has 0 bridgehead atoms. The van der Waals surface area contributed by atoms with Crippen molar-refractivity contribution < 1.29 is 9.90 Å². The molecular weight excluding hydrogens is 238 g/mol. The van der Waals surface area contributed by atoms with Crippen LogP contribution in [0.1, 0.15) is 36.8 Å².